The average molecular weight is 411 g/mol. The number of hydrogen-bond acceptors (Lipinski definition) is 6. The second-order valence-corrected chi connectivity index (χ2v) is 7.72. The first-order valence-corrected chi connectivity index (χ1v) is 10.1. The molecule has 0 spiro atoms. The van der Waals surface area contributed by atoms with E-state index >= 15 is 0 Å². The summed E-state index contributed by atoms with van der Waals surface area (Å²) in [6.07, 6.45) is 1.44. The number of benzene rings is 1. The number of morpholine rings is 1. The van der Waals surface area contributed by atoms with Crippen molar-refractivity contribution in [2.75, 3.05) is 36.9 Å². The number of anilines is 2. The Kier molecular flexibility index (Phi) is 6.04. The van der Waals surface area contributed by atoms with Gasteiger partial charge in [-0.15, -0.1) is 11.3 Å². The summed E-state index contributed by atoms with van der Waals surface area (Å²) in [6, 6.07) is 14.5. The number of rotatable bonds is 6. The first-order chi connectivity index (χ1) is 14.2. The van der Waals surface area contributed by atoms with Crippen molar-refractivity contribution >= 4 is 33.8 Å². The molecule has 8 heteroatoms. The van der Waals surface area contributed by atoms with E-state index in [4.69, 9.17) is 9.15 Å². The Morgan fingerprint density at radius 2 is 1.76 bits per heavy atom. The van der Waals surface area contributed by atoms with Crippen LogP contribution in [0.15, 0.2) is 59.2 Å². The second kappa shape index (κ2) is 9.04. The number of thiophene rings is 1. The Hall–Kier alpha value is -2.94. The van der Waals surface area contributed by atoms with E-state index < -0.39 is 0 Å². The minimum absolute atomic E-state index is 0.213. The van der Waals surface area contributed by atoms with Crippen LogP contribution in [-0.2, 0) is 11.3 Å². The molecule has 3 heterocycles. The van der Waals surface area contributed by atoms with Crippen molar-refractivity contribution in [3.63, 3.8) is 0 Å². The first kappa shape index (κ1) is 19.4. The largest absolute Gasteiger partial charge is 0.459 e. The zero-order chi connectivity index (χ0) is 20.1. The molecule has 4 rings (SSSR count). The van der Waals surface area contributed by atoms with Crippen molar-refractivity contribution in [3.05, 3.63) is 71.0 Å². The molecule has 2 amide bonds. The van der Waals surface area contributed by atoms with Crippen molar-refractivity contribution in [3.8, 4) is 0 Å². The number of nitrogens with one attached hydrogen (secondary N) is 2. The molecular weight excluding hydrogens is 390 g/mol. The van der Waals surface area contributed by atoms with Crippen LogP contribution in [0.2, 0.25) is 0 Å². The van der Waals surface area contributed by atoms with Crippen LogP contribution in [0.3, 0.4) is 0 Å². The van der Waals surface area contributed by atoms with Gasteiger partial charge in [0.25, 0.3) is 11.8 Å². The van der Waals surface area contributed by atoms with Gasteiger partial charge in [0.2, 0.25) is 0 Å². The number of ether oxygens (including phenoxy) is 1. The van der Waals surface area contributed by atoms with Gasteiger partial charge in [0.15, 0.2) is 5.76 Å². The minimum atomic E-state index is -0.348. The molecule has 3 aromatic rings. The molecule has 0 atom stereocenters. The van der Waals surface area contributed by atoms with Gasteiger partial charge in [-0.3, -0.25) is 14.5 Å². The number of hydrogen-bond donors (Lipinski definition) is 2. The van der Waals surface area contributed by atoms with Crippen LogP contribution in [0.25, 0.3) is 0 Å². The number of carbonyl (C=O) groups excluding carboxylic acids is 2. The third kappa shape index (κ3) is 5.11. The molecule has 1 aliphatic rings. The monoisotopic (exact) mass is 411 g/mol. The summed E-state index contributed by atoms with van der Waals surface area (Å²) in [7, 11) is 0. The Balaban J connectivity index is 1.32. The first-order valence-electron chi connectivity index (χ1n) is 9.32. The molecule has 1 fully saturated rings. The molecule has 0 radical (unpaired) electrons. The highest BCUT2D eigenvalue weighted by Crippen LogP contribution is 2.24. The van der Waals surface area contributed by atoms with Crippen molar-refractivity contribution < 1.29 is 18.7 Å². The van der Waals surface area contributed by atoms with E-state index in [0.717, 1.165) is 38.5 Å². The van der Waals surface area contributed by atoms with Crippen LogP contribution < -0.4 is 10.6 Å². The van der Waals surface area contributed by atoms with E-state index in [0.29, 0.717) is 9.88 Å². The lowest BCUT2D eigenvalue weighted by Crippen LogP contribution is -2.35. The topological polar surface area (TPSA) is 83.8 Å². The summed E-state index contributed by atoms with van der Waals surface area (Å²) < 4.78 is 10.4. The summed E-state index contributed by atoms with van der Waals surface area (Å²) in [6.45, 7) is 4.31. The normalized spacial score (nSPS) is 14.5. The average Bonchev–Trinajstić information content (AvgIpc) is 3.42. The van der Waals surface area contributed by atoms with Crippen LogP contribution in [-0.4, -0.2) is 43.0 Å². The van der Waals surface area contributed by atoms with Gasteiger partial charge in [-0.05, 0) is 42.0 Å². The van der Waals surface area contributed by atoms with Gasteiger partial charge in [-0.25, -0.2) is 0 Å². The van der Waals surface area contributed by atoms with Crippen LogP contribution in [0.5, 0.6) is 0 Å². The third-order valence-electron chi connectivity index (χ3n) is 4.53. The fraction of sp³-hybridized carbons (Fsp3) is 0.238. The quantitative estimate of drug-likeness (QED) is 0.647. The van der Waals surface area contributed by atoms with Gasteiger partial charge in [0.05, 0.1) is 29.4 Å². The second-order valence-electron chi connectivity index (χ2n) is 6.63. The number of carbonyl (C=O) groups is 2. The summed E-state index contributed by atoms with van der Waals surface area (Å²) in [5.41, 5.74) is 1.93. The molecule has 1 aliphatic heterocycles. The van der Waals surface area contributed by atoms with Crippen LogP contribution in [0, 0.1) is 0 Å². The highest BCUT2D eigenvalue weighted by Gasteiger charge is 2.14. The summed E-state index contributed by atoms with van der Waals surface area (Å²) in [5.74, 6) is -0.337. The third-order valence-corrected chi connectivity index (χ3v) is 5.53. The Morgan fingerprint density at radius 1 is 0.966 bits per heavy atom. The van der Waals surface area contributed by atoms with Gasteiger partial charge in [-0.2, -0.15) is 0 Å². The molecule has 0 unspecified atom stereocenters. The molecule has 1 aromatic carbocycles. The van der Waals surface area contributed by atoms with Gasteiger partial charge in [0, 0.05) is 25.3 Å². The van der Waals surface area contributed by atoms with E-state index in [-0.39, 0.29) is 17.6 Å². The standard InChI is InChI=1S/C21H21N3O4S/c25-20(17-2-1-11-28-17)23-19-8-7-18(29-19)21(26)22-16-5-3-15(4-6-16)14-24-9-12-27-13-10-24/h1-8,11H,9-10,12-14H2,(H,22,26)(H,23,25). The summed E-state index contributed by atoms with van der Waals surface area (Å²) in [4.78, 5) is 27.4. The Morgan fingerprint density at radius 3 is 2.48 bits per heavy atom. The number of furan rings is 1. The highest BCUT2D eigenvalue weighted by atomic mass is 32.1. The predicted molar refractivity (Wildman–Crippen MR) is 111 cm³/mol. The lowest BCUT2D eigenvalue weighted by molar-refractivity contribution is 0.0342. The molecule has 2 aromatic heterocycles. The Bertz CT molecular complexity index is 960. The Labute approximate surface area is 172 Å². The van der Waals surface area contributed by atoms with Crippen molar-refractivity contribution in [2.45, 2.75) is 6.54 Å². The van der Waals surface area contributed by atoms with Crippen LogP contribution in [0.1, 0.15) is 25.8 Å². The molecule has 1 saturated heterocycles. The summed E-state index contributed by atoms with van der Waals surface area (Å²) in [5, 5.41) is 6.19. The zero-order valence-corrected chi connectivity index (χ0v) is 16.5. The lowest BCUT2D eigenvalue weighted by Gasteiger charge is -2.26. The molecule has 2 N–H and O–H groups in total. The lowest BCUT2D eigenvalue weighted by atomic mass is 10.2. The number of amides is 2. The van der Waals surface area contributed by atoms with Crippen LogP contribution >= 0.6 is 11.3 Å². The van der Waals surface area contributed by atoms with Gasteiger partial charge < -0.3 is 19.8 Å². The van der Waals surface area contributed by atoms with E-state index in [1.807, 2.05) is 24.3 Å². The van der Waals surface area contributed by atoms with Gasteiger partial charge >= 0.3 is 0 Å². The molecule has 150 valence electrons. The van der Waals surface area contributed by atoms with E-state index in [1.165, 1.54) is 23.2 Å². The maximum Gasteiger partial charge on any atom is 0.291 e. The fourth-order valence-electron chi connectivity index (χ4n) is 3.01. The fourth-order valence-corrected chi connectivity index (χ4v) is 3.81. The smallest absolute Gasteiger partial charge is 0.291 e. The van der Waals surface area contributed by atoms with E-state index in [1.54, 1.807) is 24.3 Å². The maximum absolute atomic E-state index is 12.5. The zero-order valence-electron chi connectivity index (χ0n) is 15.7. The predicted octanol–water partition coefficient (Wildman–Crippen LogP) is 3.68. The SMILES string of the molecule is O=C(Nc1ccc(C(=O)Nc2ccc(CN3CCOCC3)cc2)s1)c1ccco1. The molecule has 29 heavy (non-hydrogen) atoms. The molecule has 0 bridgehead atoms. The highest BCUT2D eigenvalue weighted by molar-refractivity contribution is 7.18. The van der Waals surface area contributed by atoms with Crippen molar-refractivity contribution in [2.24, 2.45) is 0 Å². The minimum Gasteiger partial charge on any atom is -0.459 e. The van der Waals surface area contributed by atoms with E-state index in [9.17, 15) is 9.59 Å². The van der Waals surface area contributed by atoms with Gasteiger partial charge in [-0.1, -0.05) is 12.1 Å². The van der Waals surface area contributed by atoms with Crippen molar-refractivity contribution in [1.82, 2.24) is 4.90 Å². The molecule has 0 saturated carbocycles. The molecule has 7 nitrogen and oxygen atoms in total. The molecule has 0 aliphatic carbocycles. The summed E-state index contributed by atoms with van der Waals surface area (Å²) >= 11 is 1.21. The number of nitrogens with zero attached hydrogens (tertiary/aromatic N) is 1. The van der Waals surface area contributed by atoms with Gasteiger partial charge in [0.1, 0.15) is 0 Å². The van der Waals surface area contributed by atoms with E-state index in [2.05, 4.69) is 15.5 Å². The van der Waals surface area contributed by atoms with Crippen LogP contribution in [0.4, 0.5) is 10.7 Å². The van der Waals surface area contributed by atoms with Crippen molar-refractivity contribution in [1.29, 1.82) is 0 Å². The maximum atomic E-state index is 12.5. The molecular formula is C21H21N3O4S.